The molecule has 154 valence electrons. The Bertz CT molecular complexity index is 1030. The Kier molecular flexibility index (Phi) is 6.73. The molecule has 0 amide bonds. The molecule has 10 heteroatoms. The van der Waals surface area contributed by atoms with Crippen molar-refractivity contribution in [1.82, 2.24) is 15.0 Å². The van der Waals surface area contributed by atoms with Gasteiger partial charge in [0.25, 0.3) is 0 Å². The number of benzene rings is 2. The van der Waals surface area contributed by atoms with Crippen LogP contribution in [0.15, 0.2) is 58.1 Å². The number of morpholine rings is 1. The number of nitrogens with zero attached hydrogens (tertiary/aromatic N) is 5. The number of rotatable bonds is 6. The van der Waals surface area contributed by atoms with E-state index in [-0.39, 0.29) is 0 Å². The number of hydrazone groups is 1. The minimum atomic E-state index is 0.339. The second-order valence-corrected chi connectivity index (χ2v) is 7.70. The Balaban J connectivity index is 1.57. The quantitative estimate of drug-likeness (QED) is 0.395. The normalized spacial score (nSPS) is 14.1. The maximum absolute atomic E-state index is 5.97. The number of aromatic nitrogens is 3. The average molecular weight is 489 g/mol. The molecular formula is C20H19BrClN7O. The van der Waals surface area contributed by atoms with E-state index in [1.807, 2.05) is 36.4 Å². The molecule has 0 saturated carbocycles. The van der Waals surface area contributed by atoms with Gasteiger partial charge in [-0.3, -0.25) is 0 Å². The Labute approximate surface area is 187 Å². The van der Waals surface area contributed by atoms with Gasteiger partial charge in [0.05, 0.1) is 19.4 Å². The molecular weight excluding hydrogens is 470 g/mol. The van der Waals surface area contributed by atoms with Crippen LogP contribution in [0.2, 0.25) is 5.02 Å². The first-order chi connectivity index (χ1) is 14.7. The molecule has 1 aliphatic rings. The third-order valence-electron chi connectivity index (χ3n) is 4.29. The van der Waals surface area contributed by atoms with Crippen LogP contribution in [0.1, 0.15) is 5.56 Å². The van der Waals surface area contributed by atoms with Gasteiger partial charge < -0.3 is 15.0 Å². The molecule has 2 aromatic carbocycles. The van der Waals surface area contributed by atoms with Crippen molar-refractivity contribution in [3.05, 3.63) is 63.6 Å². The molecule has 1 aromatic heterocycles. The Morgan fingerprint density at radius 1 is 1.00 bits per heavy atom. The molecule has 30 heavy (non-hydrogen) atoms. The molecule has 0 atom stereocenters. The fourth-order valence-electron chi connectivity index (χ4n) is 2.78. The third kappa shape index (κ3) is 5.44. The highest BCUT2D eigenvalue weighted by Crippen LogP contribution is 2.20. The molecule has 1 fully saturated rings. The van der Waals surface area contributed by atoms with Gasteiger partial charge in [0.1, 0.15) is 0 Å². The number of ether oxygens (including phenoxy) is 1. The summed E-state index contributed by atoms with van der Waals surface area (Å²) in [5.41, 5.74) is 4.66. The summed E-state index contributed by atoms with van der Waals surface area (Å²) in [6.45, 7) is 2.69. The fraction of sp³-hybridized carbons (Fsp3) is 0.200. The highest BCUT2D eigenvalue weighted by Gasteiger charge is 2.16. The largest absolute Gasteiger partial charge is 0.378 e. The molecule has 0 radical (unpaired) electrons. The standard InChI is InChI=1S/C20H19BrClN7O/c21-17-4-2-1-3-14(17)13-23-28-19-25-18(24-16-7-5-15(22)6-8-16)26-20(27-19)29-9-11-30-12-10-29/h1-8,13H,9-12H2,(H2,24,25,26,27,28)/b23-13-. The van der Waals surface area contributed by atoms with Crippen LogP contribution < -0.4 is 15.6 Å². The molecule has 1 saturated heterocycles. The van der Waals surface area contributed by atoms with E-state index in [0.717, 1.165) is 15.7 Å². The molecule has 8 nitrogen and oxygen atoms in total. The zero-order chi connectivity index (χ0) is 20.8. The second kappa shape index (κ2) is 9.84. The van der Waals surface area contributed by atoms with Gasteiger partial charge in [-0.1, -0.05) is 45.7 Å². The Hall–Kier alpha value is -2.75. The summed E-state index contributed by atoms with van der Waals surface area (Å²) in [6, 6.07) is 15.1. The first-order valence-electron chi connectivity index (χ1n) is 9.32. The Morgan fingerprint density at radius 2 is 1.73 bits per heavy atom. The molecule has 2 N–H and O–H groups in total. The van der Waals surface area contributed by atoms with Gasteiger partial charge >= 0.3 is 0 Å². The van der Waals surface area contributed by atoms with Gasteiger partial charge in [0, 0.05) is 33.8 Å². The minimum absolute atomic E-state index is 0.339. The summed E-state index contributed by atoms with van der Waals surface area (Å²) in [6.07, 6.45) is 1.70. The third-order valence-corrected chi connectivity index (χ3v) is 5.27. The van der Waals surface area contributed by atoms with Crippen molar-refractivity contribution in [2.75, 3.05) is 41.9 Å². The lowest BCUT2D eigenvalue weighted by Gasteiger charge is -2.27. The lowest BCUT2D eigenvalue weighted by Crippen LogP contribution is -2.37. The van der Waals surface area contributed by atoms with Gasteiger partial charge in [-0.15, -0.1) is 0 Å². The van der Waals surface area contributed by atoms with E-state index < -0.39 is 0 Å². The number of hydrogen-bond donors (Lipinski definition) is 2. The van der Waals surface area contributed by atoms with E-state index in [1.165, 1.54) is 0 Å². The summed E-state index contributed by atoms with van der Waals surface area (Å²) in [5, 5.41) is 8.12. The van der Waals surface area contributed by atoms with E-state index >= 15 is 0 Å². The number of anilines is 4. The van der Waals surface area contributed by atoms with Crippen molar-refractivity contribution in [1.29, 1.82) is 0 Å². The first-order valence-corrected chi connectivity index (χ1v) is 10.5. The smallest absolute Gasteiger partial charge is 0.250 e. The van der Waals surface area contributed by atoms with Crippen molar-refractivity contribution < 1.29 is 4.74 Å². The van der Waals surface area contributed by atoms with Gasteiger partial charge in [-0.2, -0.15) is 20.1 Å². The summed E-state index contributed by atoms with van der Waals surface area (Å²) in [4.78, 5) is 15.6. The van der Waals surface area contributed by atoms with Crippen molar-refractivity contribution in [2.24, 2.45) is 5.10 Å². The van der Waals surface area contributed by atoms with Crippen molar-refractivity contribution in [2.45, 2.75) is 0 Å². The molecule has 0 spiro atoms. The Morgan fingerprint density at radius 3 is 2.50 bits per heavy atom. The highest BCUT2D eigenvalue weighted by atomic mass is 79.9. The van der Waals surface area contributed by atoms with Crippen LogP contribution in [-0.4, -0.2) is 47.5 Å². The summed E-state index contributed by atoms with van der Waals surface area (Å²) in [7, 11) is 0. The van der Waals surface area contributed by atoms with Gasteiger partial charge in [0.15, 0.2) is 0 Å². The monoisotopic (exact) mass is 487 g/mol. The van der Waals surface area contributed by atoms with Gasteiger partial charge in [0.2, 0.25) is 17.8 Å². The first kappa shape index (κ1) is 20.5. The minimum Gasteiger partial charge on any atom is -0.378 e. The lowest BCUT2D eigenvalue weighted by molar-refractivity contribution is 0.122. The summed E-state index contributed by atoms with van der Waals surface area (Å²) >= 11 is 9.47. The highest BCUT2D eigenvalue weighted by molar-refractivity contribution is 9.10. The van der Waals surface area contributed by atoms with E-state index in [9.17, 15) is 0 Å². The van der Waals surface area contributed by atoms with Gasteiger partial charge in [-0.25, -0.2) is 5.43 Å². The number of nitrogens with one attached hydrogen (secondary N) is 2. The lowest BCUT2D eigenvalue weighted by atomic mass is 10.2. The SMILES string of the molecule is Clc1ccc(Nc2nc(N/N=C\c3ccccc3Br)nc(N3CCOCC3)n2)cc1. The zero-order valence-corrected chi connectivity index (χ0v) is 18.3. The summed E-state index contributed by atoms with van der Waals surface area (Å²) < 4.78 is 6.38. The molecule has 0 unspecified atom stereocenters. The predicted octanol–water partition coefficient (Wildman–Crippen LogP) is 4.31. The maximum Gasteiger partial charge on any atom is 0.250 e. The van der Waals surface area contributed by atoms with Crippen LogP contribution in [0.5, 0.6) is 0 Å². The van der Waals surface area contributed by atoms with Crippen molar-refractivity contribution in [3.8, 4) is 0 Å². The number of halogens is 2. The molecule has 2 heterocycles. The van der Waals surface area contributed by atoms with Gasteiger partial charge in [-0.05, 0) is 30.3 Å². The van der Waals surface area contributed by atoms with Crippen LogP contribution >= 0.6 is 27.5 Å². The maximum atomic E-state index is 5.97. The fourth-order valence-corrected chi connectivity index (χ4v) is 3.29. The van der Waals surface area contributed by atoms with E-state index in [1.54, 1.807) is 18.3 Å². The average Bonchev–Trinajstić information content (AvgIpc) is 2.77. The van der Waals surface area contributed by atoms with Crippen molar-refractivity contribution >= 4 is 57.3 Å². The summed E-state index contributed by atoms with van der Waals surface area (Å²) in [5.74, 6) is 1.31. The van der Waals surface area contributed by atoms with E-state index in [0.29, 0.717) is 49.2 Å². The van der Waals surface area contributed by atoms with Crippen LogP contribution in [0.25, 0.3) is 0 Å². The van der Waals surface area contributed by atoms with E-state index in [4.69, 9.17) is 16.3 Å². The van der Waals surface area contributed by atoms with Crippen molar-refractivity contribution in [3.63, 3.8) is 0 Å². The van der Waals surface area contributed by atoms with E-state index in [2.05, 4.69) is 51.6 Å². The topological polar surface area (TPSA) is 87.6 Å². The molecule has 0 aliphatic carbocycles. The van der Waals surface area contributed by atoms with Crippen LogP contribution in [0.3, 0.4) is 0 Å². The second-order valence-electron chi connectivity index (χ2n) is 6.41. The van der Waals surface area contributed by atoms with Crippen LogP contribution in [-0.2, 0) is 4.74 Å². The van der Waals surface area contributed by atoms with Crippen LogP contribution in [0.4, 0.5) is 23.5 Å². The predicted molar refractivity (Wildman–Crippen MR) is 123 cm³/mol. The van der Waals surface area contributed by atoms with Crippen LogP contribution in [0, 0.1) is 0 Å². The zero-order valence-electron chi connectivity index (χ0n) is 15.9. The number of hydrogen-bond acceptors (Lipinski definition) is 8. The molecule has 3 aromatic rings. The molecule has 1 aliphatic heterocycles. The molecule has 0 bridgehead atoms. The molecule has 4 rings (SSSR count).